The second kappa shape index (κ2) is 5.32. The number of nitrogens with zero attached hydrogens (tertiary/aromatic N) is 1. The quantitative estimate of drug-likeness (QED) is 0.858. The molecule has 1 aliphatic rings. The van der Waals surface area contributed by atoms with Gasteiger partial charge in [-0.15, -0.1) is 0 Å². The summed E-state index contributed by atoms with van der Waals surface area (Å²) in [7, 11) is 0. The first kappa shape index (κ1) is 12.1. The molecule has 0 aromatic heterocycles. The minimum absolute atomic E-state index is 0.113. The monoisotopic (exact) mass is 233 g/mol. The standard InChI is InChI=1S/C14H19NO2/c1-11(13-5-3-2-4-6-13)8-15-9-12(10-16)7-14(15)17/h2-6,11-12,16H,7-10H2,1H3. The lowest BCUT2D eigenvalue weighted by Crippen LogP contribution is -2.29. The Balaban J connectivity index is 1.95. The van der Waals surface area contributed by atoms with Gasteiger partial charge < -0.3 is 10.0 Å². The predicted molar refractivity (Wildman–Crippen MR) is 66.6 cm³/mol. The molecule has 17 heavy (non-hydrogen) atoms. The molecule has 0 spiro atoms. The molecule has 3 heteroatoms. The number of rotatable bonds is 4. The van der Waals surface area contributed by atoms with Gasteiger partial charge in [-0.25, -0.2) is 0 Å². The molecule has 1 saturated heterocycles. The Labute approximate surface area is 102 Å². The molecule has 0 saturated carbocycles. The topological polar surface area (TPSA) is 40.5 Å². The molecular weight excluding hydrogens is 214 g/mol. The van der Waals surface area contributed by atoms with Crippen molar-refractivity contribution in [2.75, 3.05) is 19.7 Å². The number of aliphatic hydroxyl groups excluding tert-OH is 1. The Morgan fingerprint density at radius 3 is 2.71 bits per heavy atom. The molecule has 0 radical (unpaired) electrons. The Morgan fingerprint density at radius 1 is 1.41 bits per heavy atom. The highest BCUT2D eigenvalue weighted by molar-refractivity contribution is 5.78. The van der Waals surface area contributed by atoms with Crippen LogP contribution >= 0.6 is 0 Å². The molecule has 1 N–H and O–H groups in total. The molecule has 1 aromatic rings. The van der Waals surface area contributed by atoms with E-state index >= 15 is 0 Å². The molecule has 1 fully saturated rings. The van der Waals surface area contributed by atoms with E-state index in [1.54, 1.807) is 0 Å². The van der Waals surface area contributed by atoms with Crippen LogP contribution in [0.1, 0.15) is 24.8 Å². The molecule has 0 bridgehead atoms. The summed E-state index contributed by atoms with van der Waals surface area (Å²) >= 11 is 0. The minimum atomic E-state index is 0.113. The van der Waals surface area contributed by atoms with E-state index < -0.39 is 0 Å². The smallest absolute Gasteiger partial charge is 0.223 e. The summed E-state index contributed by atoms with van der Waals surface area (Å²) in [5, 5.41) is 9.07. The number of benzene rings is 1. The van der Waals surface area contributed by atoms with Crippen LogP contribution < -0.4 is 0 Å². The van der Waals surface area contributed by atoms with Gasteiger partial charge in [-0.3, -0.25) is 4.79 Å². The lowest BCUT2D eigenvalue weighted by atomic mass is 10.0. The van der Waals surface area contributed by atoms with Gasteiger partial charge in [0.05, 0.1) is 0 Å². The average molecular weight is 233 g/mol. The number of amides is 1. The highest BCUT2D eigenvalue weighted by Crippen LogP contribution is 2.22. The molecule has 1 amide bonds. The van der Waals surface area contributed by atoms with Crippen molar-refractivity contribution in [2.24, 2.45) is 5.92 Å². The maximum atomic E-state index is 11.7. The fraction of sp³-hybridized carbons (Fsp3) is 0.500. The third kappa shape index (κ3) is 2.86. The van der Waals surface area contributed by atoms with Gasteiger partial charge in [-0.05, 0) is 11.5 Å². The highest BCUT2D eigenvalue weighted by atomic mass is 16.3. The van der Waals surface area contributed by atoms with Crippen LogP contribution in [0.5, 0.6) is 0 Å². The van der Waals surface area contributed by atoms with Crippen LogP contribution in [0, 0.1) is 5.92 Å². The zero-order valence-electron chi connectivity index (χ0n) is 10.2. The van der Waals surface area contributed by atoms with E-state index in [1.165, 1.54) is 5.56 Å². The van der Waals surface area contributed by atoms with Crippen LogP contribution in [-0.4, -0.2) is 35.6 Å². The molecule has 2 rings (SSSR count). The average Bonchev–Trinajstić information content (AvgIpc) is 2.71. The zero-order chi connectivity index (χ0) is 12.3. The van der Waals surface area contributed by atoms with E-state index in [4.69, 9.17) is 5.11 Å². The maximum absolute atomic E-state index is 11.7. The highest BCUT2D eigenvalue weighted by Gasteiger charge is 2.29. The minimum Gasteiger partial charge on any atom is -0.396 e. The van der Waals surface area contributed by atoms with Crippen LogP contribution in [0.4, 0.5) is 0 Å². The van der Waals surface area contributed by atoms with Gasteiger partial charge in [-0.1, -0.05) is 37.3 Å². The number of carbonyl (C=O) groups is 1. The fourth-order valence-electron chi connectivity index (χ4n) is 2.37. The lowest BCUT2D eigenvalue weighted by Gasteiger charge is -2.21. The summed E-state index contributed by atoms with van der Waals surface area (Å²) in [4.78, 5) is 13.6. The van der Waals surface area contributed by atoms with Crippen molar-refractivity contribution in [1.82, 2.24) is 4.90 Å². The Hall–Kier alpha value is -1.35. The number of carbonyl (C=O) groups excluding carboxylic acids is 1. The van der Waals surface area contributed by atoms with Gasteiger partial charge >= 0.3 is 0 Å². The zero-order valence-corrected chi connectivity index (χ0v) is 10.2. The predicted octanol–water partition coefficient (Wildman–Crippen LogP) is 1.63. The van der Waals surface area contributed by atoms with Crippen molar-refractivity contribution in [3.63, 3.8) is 0 Å². The van der Waals surface area contributed by atoms with Gasteiger partial charge in [-0.2, -0.15) is 0 Å². The number of hydrogen-bond acceptors (Lipinski definition) is 2. The van der Waals surface area contributed by atoms with Crippen molar-refractivity contribution in [3.8, 4) is 0 Å². The van der Waals surface area contributed by atoms with Crippen LogP contribution in [0.3, 0.4) is 0 Å². The van der Waals surface area contributed by atoms with Gasteiger partial charge in [0.1, 0.15) is 0 Å². The number of aliphatic hydroxyl groups is 1. The van der Waals surface area contributed by atoms with E-state index in [9.17, 15) is 4.79 Å². The first-order valence-electron chi connectivity index (χ1n) is 6.14. The van der Waals surface area contributed by atoms with Gasteiger partial charge in [0.2, 0.25) is 5.91 Å². The molecular formula is C14H19NO2. The summed E-state index contributed by atoms with van der Waals surface area (Å²) in [6.45, 7) is 3.70. The first-order chi connectivity index (χ1) is 8.20. The Bertz CT molecular complexity index is 377. The van der Waals surface area contributed by atoms with Gasteiger partial charge in [0, 0.05) is 32.0 Å². The molecule has 0 aliphatic carbocycles. The van der Waals surface area contributed by atoms with E-state index in [0.717, 1.165) is 6.54 Å². The Kier molecular flexibility index (Phi) is 3.79. The largest absolute Gasteiger partial charge is 0.396 e. The summed E-state index contributed by atoms with van der Waals surface area (Å²) < 4.78 is 0. The second-order valence-corrected chi connectivity index (χ2v) is 4.86. The summed E-state index contributed by atoms with van der Waals surface area (Å²) in [6, 6.07) is 10.2. The number of hydrogen-bond donors (Lipinski definition) is 1. The van der Waals surface area contributed by atoms with Crippen molar-refractivity contribution < 1.29 is 9.90 Å². The van der Waals surface area contributed by atoms with Crippen molar-refractivity contribution in [3.05, 3.63) is 35.9 Å². The Morgan fingerprint density at radius 2 is 2.12 bits per heavy atom. The molecule has 1 heterocycles. The molecule has 3 nitrogen and oxygen atoms in total. The summed E-state index contributed by atoms with van der Waals surface area (Å²) in [6.07, 6.45) is 0.498. The second-order valence-electron chi connectivity index (χ2n) is 4.86. The van der Waals surface area contributed by atoms with Crippen LogP contribution in [0.15, 0.2) is 30.3 Å². The third-order valence-electron chi connectivity index (χ3n) is 3.42. The maximum Gasteiger partial charge on any atom is 0.223 e. The SMILES string of the molecule is CC(CN1CC(CO)CC1=O)c1ccccc1. The van der Waals surface area contributed by atoms with E-state index in [1.807, 2.05) is 23.1 Å². The molecule has 1 aliphatic heterocycles. The number of likely N-dealkylation sites (tertiary alicyclic amines) is 1. The molecule has 2 unspecified atom stereocenters. The van der Waals surface area contributed by atoms with Crippen molar-refractivity contribution >= 4 is 5.91 Å². The van der Waals surface area contributed by atoms with E-state index in [0.29, 0.717) is 18.9 Å². The van der Waals surface area contributed by atoms with Gasteiger partial charge in [0.25, 0.3) is 0 Å². The van der Waals surface area contributed by atoms with Crippen LogP contribution in [0.25, 0.3) is 0 Å². The first-order valence-corrected chi connectivity index (χ1v) is 6.14. The molecule has 2 atom stereocenters. The van der Waals surface area contributed by atoms with Crippen LogP contribution in [0.2, 0.25) is 0 Å². The lowest BCUT2D eigenvalue weighted by molar-refractivity contribution is -0.127. The summed E-state index contributed by atoms with van der Waals surface area (Å²) in [5.41, 5.74) is 1.26. The third-order valence-corrected chi connectivity index (χ3v) is 3.42. The molecule has 1 aromatic carbocycles. The van der Waals surface area contributed by atoms with Crippen molar-refractivity contribution in [2.45, 2.75) is 19.3 Å². The van der Waals surface area contributed by atoms with E-state index in [-0.39, 0.29) is 18.4 Å². The summed E-state index contributed by atoms with van der Waals surface area (Å²) in [5.74, 6) is 0.648. The van der Waals surface area contributed by atoms with Gasteiger partial charge in [0.15, 0.2) is 0 Å². The van der Waals surface area contributed by atoms with Crippen LogP contribution in [-0.2, 0) is 4.79 Å². The normalized spacial score (nSPS) is 21.9. The molecule has 92 valence electrons. The fourth-order valence-corrected chi connectivity index (χ4v) is 2.37. The van der Waals surface area contributed by atoms with E-state index in [2.05, 4.69) is 19.1 Å². The van der Waals surface area contributed by atoms with Crippen molar-refractivity contribution in [1.29, 1.82) is 0 Å².